The summed E-state index contributed by atoms with van der Waals surface area (Å²) in [5.41, 5.74) is 0.293. The fraction of sp³-hybridized carbons (Fsp3) is 0.286. The summed E-state index contributed by atoms with van der Waals surface area (Å²) in [5.74, 6) is -1.54. The molecular weight excluding hydrogens is 376 g/mol. The quantitative estimate of drug-likeness (QED) is 0.282. The molecule has 2 unspecified atom stereocenters. The number of phenols is 2. The van der Waals surface area contributed by atoms with Crippen molar-refractivity contribution in [2.45, 2.75) is 31.3 Å². The maximum atomic E-state index is 13.3. The van der Waals surface area contributed by atoms with Crippen molar-refractivity contribution in [3.8, 4) is 17.2 Å². The van der Waals surface area contributed by atoms with Crippen molar-refractivity contribution in [2.24, 2.45) is 5.16 Å². The van der Waals surface area contributed by atoms with Gasteiger partial charge in [-0.2, -0.15) is 0 Å². The molecule has 2 atom stereocenters. The summed E-state index contributed by atoms with van der Waals surface area (Å²) < 4.78 is 5.25. The van der Waals surface area contributed by atoms with Crippen LogP contribution in [0.25, 0.3) is 0 Å². The predicted octanol–water partition coefficient (Wildman–Crippen LogP) is 2.06. The molecule has 0 spiro atoms. The Kier molecular flexibility index (Phi) is 3.40. The van der Waals surface area contributed by atoms with E-state index in [1.54, 1.807) is 12.1 Å². The first kappa shape index (κ1) is 17.7. The van der Waals surface area contributed by atoms with E-state index in [1.165, 1.54) is 13.2 Å². The molecule has 1 aliphatic carbocycles. The van der Waals surface area contributed by atoms with Gasteiger partial charge in [-0.1, -0.05) is 17.3 Å². The van der Waals surface area contributed by atoms with E-state index < -0.39 is 23.1 Å². The van der Waals surface area contributed by atoms with E-state index in [2.05, 4.69) is 10.5 Å². The molecule has 29 heavy (non-hydrogen) atoms. The number of hydrogen-bond donors (Lipinski definition) is 4. The van der Waals surface area contributed by atoms with Gasteiger partial charge in [0.05, 0.1) is 35.1 Å². The van der Waals surface area contributed by atoms with Crippen LogP contribution in [-0.4, -0.2) is 45.3 Å². The molecule has 1 saturated heterocycles. The van der Waals surface area contributed by atoms with Gasteiger partial charge >= 0.3 is 0 Å². The fourth-order valence-corrected chi connectivity index (χ4v) is 4.94. The van der Waals surface area contributed by atoms with Crippen LogP contribution < -0.4 is 10.1 Å². The maximum absolute atomic E-state index is 13.3. The molecule has 0 saturated carbocycles. The zero-order chi connectivity index (χ0) is 20.7. The molecule has 2 aromatic rings. The van der Waals surface area contributed by atoms with E-state index in [0.717, 1.165) is 0 Å². The van der Waals surface area contributed by atoms with E-state index in [-0.39, 0.29) is 45.9 Å². The highest BCUT2D eigenvalue weighted by atomic mass is 16.5. The lowest BCUT2D eigenvalue weighted by atomic mass is 9.77. The Bertz CT molecular complexity index is 1170. The minimum Gasteiger partial charge on any atom is -0.507 e. The molecule has 1 fully saturated rings. The van der Waals surface area contributed by atoms with Gasteiger partial charge in [0, 0.05) is 29.2 Å². The molecule has 0 aromatic heterocycles. The van der Waals surface area contributed by atoms with Crippen molar-refractivity contribution >= 4 is 17.3 Å². The van der Waals surface area contributed by atoms with Crippen LogP contribution in [0.4, 0.5) is 0 Å². The number of ether oxygens (including phenoxy) is 1. The van der Waals surface area contributed by atoms with Gasteiger partial charge in [-0.25, -0.2) is 0 Å². The maximum Gasteiger partial charge on any atom is 0.202 e. The summed E-state index contributed by atoms with van der Waals surface area (Å²) in [7, 11) is 1.39. The van der Waals surface area contributed by atoms with Crippen LogP contribution in [0.1, 0.15) is 62.4 Å². The molecule has 3 aliphatic rings. The average molecular weight is 394 g/mol. The first-order chi connectivity index (χ1) is 13.8. The van der Waals surface area contributed by atoms with Crippen molar-refractivity contribution in [3.05, 3.63) is 51.6 Å². The largest absolute Gasteiger partial charge is 0.507 e. The summed E-state index contributed by atoms with van der Waals surface area (Å²) in [6, 6.07) is 4.21. The first-order valence-electron chi connectivity index (χ1n) is 9.18. The summed E-state index contributed by atoms with van der Waals surface area (Å²) in [4.78, 5) is 26.5. The van der Waals surface area contributed by atoms with Crippen LogP contribution in [0.5, 0.6) is 17.2 Å². The van der Waals surface area contributed by atoms with Crippen molar-refractivity contribution in [2.75, 3.05) is 7.11 Å². The zero-order valence-corrected chi connectivity index (χ0v) is 15.7. The SMILES string of the molecule is COc1cccc2c1C(=O)c1c(O)c3c(c(O)c1C2=O)CC1(C)NC3CC1=NO. The number of benzene rings is 2. The summed E-state index contributed by atoms with van der Waals surface area (Å²) in [6.07, 6.45) is 0.519. The second-order valence-corrected chi connectivity index (χ2v) is 7.84. The molecule has 2 aromatic carbocycles. The van der Waals surface area contributed by atoms with Crippen molar-refractivity contribution in [1.82, 2.24) is 5.32 Å². The van der Waals surface area contributed by atoms with Crippen molar-refractivity contribution in [1.29, 1.82) is 0 Å². The lowest BCUT2D eigenvalue weighted by molar-refractivity contribution is 0.0971. The van der Waals surface area contributed by atoms with E-state index in [0.29, 0.717) is 23.3 Å². The number of ketones is 2. The van der Waals surface area contributed by atoms with Crippen molar-refractivity contribution in [3.63, 3.8) is 0 Å². The lowest BCUT2D eigenvalue weighted by Gasteiger charge is -2.35. The van der Waals surface area contributed by atoms with Gasteiger partial charge in [0.1, 0.15) is 17.2 Å². The van der Waals surface area contributed by atoms with Crippen LogP contribution >= 0.6 is 0 Å². The molecule has 0 radical (unpaired) electrons. The van der Waals surface area contributed by atoms with Gasteiger partial charge < -0.3 is 20.2 Å². The fourth-order valence-electron chi connectivity index (χ4n) is 4.94. The van der Waals surface area contributed by atoms with Gasteiger partial charge in [-0.3, -0.25) is 14.9 Å². The molecule has 2 bridgehead atoms. The minimum absolute atomic E-state index is 0.0692. The number of carbonyl (C=O) groups is 2. The molecule has 5 rings (SSSR count). The highest BCUT2D eigenvalue weighted by Crippen LogP contribution is 2.52. The predicted molar refractivity (Wildman–Crippen MR) is 101 cm³/mol. The summed E-state index contributed by atoms with van der Waals surface area (Å²) in [5, 5.41) is 38.1. The van der Waals surface area contributed by atoms with E-state index >= 15 is 0 Å². The van der Waals surface area contributed by atoms with Crippen LogP contribution in [-0.2, 0) is 6.42 Å². The number of carbonyl (C=O) groups excluding carboxylic acids is 2. The first-order valence-corrected chi connectivity index (χ1v) is 9.18. The molecule has 2 aliphatic heterocycles. The van der Waals surface area contributed by atoms with E-state index in [1.807, 2.05) is 6.92 Å². The van der Waals surface area contributed by atoms with Gasteiger partial charge in [0.2, 0.25) is 5.78 Å². The molecule has 2 heterocycles. The minimum atomic E-state index is -0.715. The van der Waals surface area contributed by atoms with Crippen LogP contribution in [0, 0.1) is 0 Å². The third-order valence-electron chi connectivity index (χ3n) is 6.29. The van der Waals surface area contributed by atoms with E-state index in [4.69, 9.17) is 4.74 Å². The number of phenolic OH excluding ortho intramolecular Hbond substituents is 2. The number of methoxy groups -OCH3 is 1. The second-order valence-electron chi connectivity index (χ2n) is 7.84. The van der Waals surface area contributed by atoms with Gasteiger partial charge in [0.15, 0.2) is 5.78 Å². The Morgan fingerprint density at radius 3 is 2.55 bits per heavy atom. The number of fused-ring (bicyclic) bond motifs is 6. The molecule has 4 N–H and O–H groups in total. The highest BCUT2D eigenvalue weighted by molar-refractivity contribution is 6.31. The standard InChI is InChI=1S/C21H18N2O6/c1-21-7-9-13(10(22-21)6-12(21)23-28)19(26)16-15(18(9)25)17(24)8-4-3-5-11(29-2)14(8)20(16)27/h3-5,10,22,25-26,28H,6-7H2,1-2H3. The second kappa shape index (κ2) is 5.57. The lowest BCUT2D eigenvalue weighted by Crippen LogP contribution is -2.47. The Balaban J connectivity index is 1.81. The molecular formula is C21H18N2O6. The number of hydrogen-bond acceptors (Lipinski definition) is 8. The number of nitrogens with zero attached hydrogens (tertiary/aromatic N) is 1. The molecule has 0 amide bonds. The van der Waals surface area contributed by atoms with Gasteiger partial charge in [0.25, 0.3) is 0 Å². The Hall–Kier alpha value is -3.39. The zero-order valence-electron chi connectivity index (χ0n) is 15.7. The van der Waals surface area contributed by atoms with Crippen molar-refractivity contribution < 1.29 is 29.7 Å². The van der Waals surface area contributed by atoms with Crippen LogP contribution in [0.3, 0.4) is 0 Å². The number of rotatable bonds is 1. The van der Waals surface area contributed by atoms with E-state index in [9.17, 15) is 25.0 Å². The van der Waals surface area contributed by atoms with Gasteiger partial charge in [-0.05, 0) is 19.4 Å². The number of aromatic hydroxyl groups is 2. The smallest absolute Gasteiger partial charge is 0.202 e. The monoisotopic (exact) mass is 394 g/mol. The molecule has 8 nitrogen and oxygen atoms in total. The van der Waals surface area contributed by atoms with Gasteiger partial charge in [-0.15, -0.1) is 0 Å². The average Bonchev–Trinajstić information content (AvgIpc) is 2.97. The number of oxime groups is 1. The third-order valence-corrected chi connectivity index (χ3v) is 6.29. The Morgan fingerprint density at radius 2 is 1.86 bits per heavy atom. The topological polar surface area (TPSA) is 128 Å². The Morgan fingerprint density at radius 1 is 1.14 bits per heavy atom. The number of nitrogens with one attached hydrogen (secondary N) is 1. The third kappa shape index (κ3) is 2.04. The van der Waals surface area contributed by atoms with Crippen LogP contribution in [0.2, 0.25) is 0 Å². The summed E-state index contributed by atoms with van der Waals surface area (Å²) >= 11 is 0. The molecule has 8 heteroatoms. The highest BCUT2D eigenvalue weighted by Gasteiger charge is 2.50. The Labute approximate surface area is 165 Å². The summed E-state index contributed by atoms with van der Waals surface area (Å²) in [6.45, 7) is 1.83. The van der Waals surface area contributed by atoms with Crippen LogP contribution in [0.15, 0.2) is 23.4 Å². The normalized spacial score (nSPS) is 25.6. The molecule has 148 valence electrons.